The SMILES string of the molecule is CCN(CC)C(=O)c1ccc(C2NCCc3c2cc(OC)c(OC)c3OC)cc1. The number of benzene rings is 2. The molecular formula is C23H30N2O4. The van der Waals surface area contributed by atoms with Gasteiger partial charge in [-0.05, 0) is 49.6 Å². The van der Waals surface area contributed by atoms with Crippen LogP contribution in [-0.4, -0.2) is 51.8 Å². The molecule has 0 saturated heterocycles. The molecule has 3 rings (SSSR count). The van der Waals surface area contributed by atoms with Gasteiger partial charge in [0.1, 0.15) is 0 Å². The Kier molecular flexibility index (Phi) is 6.64. The molecule has 1 aliphatic heterocycles. The van der Waals surface area contributed by atoms with E-state index in [0.717, 1.165) is 35.4 Å². The highest BCUT2D eigenvalue weighted by Crippen LogP contribution is 2.46. The number of methoxy groups -OCH3 is 3. The van der Waals surface area contributed by atoms with Crippen molar-refractivity contribution in [3.05, 3.63) is 52.6 Å². The zero-order valence-electron chi connectivity index (χ0n) is 17.9. The van der Waals surface area contributed by atoms with Gasteiger partial charge in [-0.15, -0.1) is 0 Å². The molecule has 6 heteroatoms. The summed E-state index contributed by atoms with van der Waals surface area (Å²) in [4.78, 5) is 14.4. The molecule has 1 atom stereocenters. The first-order chi connectivity index (χ1) is 14.1. The van der Waals surface area contributed by atoms with E-state index in [-0.39, 0.29) is 11.9 Å². The van der Waals surface area contributed by atoms with Crippen molar-refractivity contribution in [2.75, 3.05) is 41.0 Å². The van der Waals surface area contributed by atoms with Gasteiger partial charge in [0.05, 0.1) is 27.4 Å². The van der Waals surface area contributed by atoms with Crippen LogP contribution in [0.5, 0.6) is 17.2 Å². The van der Waals surface area contributed by atoms with Crippen LogP contribution in [0, 0.1) is 0 Å². The lowest BCUT2D eigenvalue weighted by atomic mass is 9.88. The van der Waals surface area contributed by atoms with Crippen molar-refractivity contribution in [3.63, 3.8) is 0 Å². The lowest BCUT2D eigenvalue weighted by Gasteiger charge is -2.30. The van der Waals surface area contributed by atoms with E-state index in [2.05, 4.69) is 5.32 Å². The van der Waals surface area contributed by atoms with E-state index in [9.17, 15) is 4.79 Å². The highest BCUT2D eigenvalue weighted by Gasteiger charge is 2.29. The van der Waals surface area contributed by atoms with Gasteiger partial charge in [0.2, 0.25) is 5.75 Å². The number of amides is 1. The van der Waals surface area contributed by atoms with Crippen molar-refractivity contribution < 1.29 is 19.0 Å². The Morgan fingerprint density at radius 3 is 2.24 bits per heavy atom. The van der Waals surface area contributed by atoms with Crippen molar-refractivity contribution in [2.24, 2.45) is 0 Å². The van der Waals surface area contributed by atoms with Crippen LogP contribution in [0.3, 0.4) is 0 Å². The minimum Gasteiger partial charge on any atom is -0.493 e. The summed E-state index contributed by atoms with van der Waals surface area (Å²) in [5.41, 5.74) is 4.03. The van der Waals surface area contributed by atoms with Crippen LogP contribution < -0.4 is 19.5 Å². The fraction of sp³-hybridized carbons (Fsp3) is 0.435. The Hall–Kier alpha value is -2.73. The summed E-state index contributed by atoms with van der Waals surface area (Å²) in [5, 5.41) is 3.58. The summed E-state index contributed by atoms with van der Waals surface area (Å²) in [7, 11) is 4.90. The second-order valence-corrected chi connectivity index (χ2v) is 6.95. The third-order valence-corrected chi connectivity index (χ3v) is 5.54. The standard InChI is InChI=1S/C23H30N2O4/c1-6-25(7-2)23(26)16-10-8-15(9-11-16)20-18-14-19(27-3)22(29-5)21(28-4)17(18)12-13-24-20/h8-11,14,20,24H,6-7,12-13H2,1-5H3. The van der Waals surface area contributed by atoms with Crippen LogP contribution in [0.1, 0.15) is 46.9 Å². The molecule has 0 spiro atoms. The Labute approximate surface area is 172 Å². The number of nitrogens with zero attached hydrogens (tertiary/aromatic N) is 1. The van der Waals surface area contributed by atoms with Crippen molar-refractivity contribution >= 4 is 5.91 Å². The Morgan fingerprint density at radius 2 is 1.69 bits per heavy atom. The van der Waals surface area contributed by atoms with Gasteiger partial charge in [-0.3, -0.25) is 4.79 Å². The van der Waals surface area contributed by atoms with E-state index in [1.807, 2.05) is 49.1 Å². The Morgan fingerprint density at radius 1 is 1.03 bits per heavy atom. The van der Waals surface area contributed by atoms with Crippen LogP contribution >= 0.6 is 0 Å². The molecule has 0 fully saturated rings. The number of rotatable bonds is 7. The maximum atomic E-state index is 12.6. The van der Waals surface area contributed by atoms with Gasteiger partial charge in [-0.25, -0.2) is 0 Å². The maximum absolute atomic E-state index is 12.6. The number of carbonyl (C=O) groups is 1. The zero-order valence-corrected chi connectivity index (χ0v) is 17.9. The fourth-order valence-electron chi connectivity index (χ4n) is 4.01. The topological polar surface area (TPSA) is 60.0 Å². The molecule has 0 saturated carbocycles. The number of nitrogens with one attached hydrogen (secondary N) is 1. The molecule has 1 unspecified atom stereocenters. The molecule has 29 heavy (non-hydrogen) atoms. The average molecular weight is 399 g/mol. The molecule has 0 radical (unpaired) electrons. The number of hydrogen-bond acceptors (Lipinski definition) is 5. The van der Waals surface area contributed by atoms with E-state index >= 15 is 0 Å². The minimum atomic E-state index is -0.00920. The van der Waals surface area contributed by atoms with Crippen molar-refractivity contribution in [1.82, 2.24) is 10.2 Å². The highest BCUT2D eigenvalue weighted by atomic mass is 16.5. The van der Waals surface area contributed by atoms with Gasteiger partial charge < -0.3 is 24.4 Å². The van der Waals surface area contributed by atoms with Crippen molar-refractivity contribution in [1.29, 1.82) is 0 Å². The zero-order chi connectivity index (χ0) is 21.0. The molecule has 1 heterocycles. The second kappa shape index (κ2) is 9.18. The summed E-state index contributed by atoms with van der Waals surface area (Å²) in [6, 6.07) is 9.86. The van der Waals surface area contributed by atoms with Gasteiger partial charge in [-0.2, -0.15) is 0 Å². The first-order valence-corrected chi connectivity index (χ1v) is 10.0. The summed E-state index contributed by atoms with van der Waals surface area (Å²) in [6.07, 6.45) is 0.841. The lowest BCUT2D eigenvalue weighted by Crippen LogP contribution is -2.32. The van der Waals surface area contributed by atoms with Gasteiger partial charge in [0.25, 0.3) is 5.91 Å². The first kappa shape index (κ1) is 21.0. The molecule has 156 valence electrons. The maximum Gasteiger partial charge on any atom is 0.253 e. The van der Waals surface area contributed by atoms with Gasteiger partial charge in [-0.1, -0.05) is 12.1 Å². The molecule has 0 aromatic heterocycles. The van der Waals surface area contributed by atoms with Crippen molar-refractivity contribution in [3.8, 4) is 17.2 Å². The predicted molar refractivity (Wildman–Crippen MR) is 113 cm³/mol. The van der Waals surface area contributed by atoms with Crippen LogP contribution in [0.4, 0.5) is 0 Å². The van der Waals surface area contributed by atoms with Crippen LogP contribution in [0.2, 0.25) is 0 Å². The molecule has 2 aromatic rings. The molecule has 0 aliphatic carbocycles. The number of carbonyl (C=O) groups excluding carboxylic acids is 1. The van der Waals surface area contributed by atoms with Gasteiger partial charge in [0, 0.05) is 30.8 Å². The summed E-state index contributed by atoms with van der Waals surface area (Å²) >= 11 is 0. The van der Waals surface area contributed by atoms with Crippen LogP contribution in [0.25, 0.3) is 0 Å². The smallest absolute Gasteiger partial charge is 0.253 e. The molecule has 2 aromatic carbocycles. The number of ether oxygens (including phenoxy) is 3. The summed E-state index contributed by atoms with van der Waals surface area (Å²) in [6.45, 7) is 6.22. The van der Waals surface area contributed by atoms with Gasteiger partial charge in [0.15, 0.2) is 11.5 Å². The minimum absolute atomic E-state index is 0.00920. The third kappa shape index (κ3) is 3.90. The monoisotopic (exact) mass is 398 g/mol. The van der Waals surface area contributed by atoms with Crippen LogP contribution in [-0.2, 0) is 6.42 Å². The molecule has 1 amide bonds. The molecule has 1 aliphatic rings. The molecular weight excluding hydrogens is 368 g/mol. The van der Waals surface area contributed by atoms with E-state index in [1.54, 1.807) is 21.3 Å². The van der Waals surface area contributed by atoms with E-state index in [1.165, 1.54) is 0 Å². The first-order valence-electron chi connectivity index (χ1n) is 10.0. The summed E-state index contributed by atoms with van der Waals surface area (Å²) in [5.74, 6) is 2.05. The third-order valence-electron chi connectivity index (χ3n) is 5.54. The number of hydrogen-bond donors (Lipinski definition) is 1. The van der Waals surface area contributed by atoms with Crippen LogP contribution in [0.15, 0.2) is 30.3 Å². The largest absolute Gasteiger partial charge is 0.493 e. The van der Waals surface area contributed by atoms with Crippen molar-refractivity contribution in [2.45, 2.75) is 26.3 Å². The molecule has 0 bridgehead atoms. The quantitative estimate of drug-likeness (QED) is 0.774. The average Bonchev–Trinajstić information content (AvgIpc) is 2.77. The Bertz CT molecular complexity index is 860. The fourth-order valence-corrected chi connectivity index (χ4v) is 4.01. The Balaban J connectivity index is 1.99. The highest BCUT2D eigenvalue weighted by molar-refractivity contribution is 5.94. The second-order valence-electron chi connectivity index (χ2n) is 6.95. The normalized spacial score (nSPS) is 15.4. The predicted octanol–water partition coefficient (Wildman–Crippen LogP) is 3.43. The van der Waals surface area contributed by atoms with E-state index in [4.69, 9.17) is 14.2 Å². The van der Waals surface area contributed by atoms with E-state index in [0.29, 0.717) is 30.2 Å². The van der Waals surface area contributed by atoms with Gasteiger partial charge >= 0.3 is 0 Å². The number of fused-ring (bicyclic) bond motifs is 1. The summed E-state index contributed by atoms with van der Waals surface area (Å²) < 4.78 is 16.8. The lowest BCUT2D eigenvalue weighted by molar-refractivity contribution is 0.0773. The van der Waals surface area contributed by atoms with E-state index < -0.39 is 0 Å². The molecule has 6 nitrogen and oxygen atoms in total. The molecule has 1 N–H and O–H groups in total.